The summed E-state index contributed by atoms with van der Waals surface area (Å²) in [6, 6.07) is 7.13. The van der Waals surface area contributed by atoms with Crippen LogP contribution in [0, 0.1) is 11.3 Å². The molecule has 1 aromatic carbocycles. The highest BCUT2D eigenvalue weighted by molar-refractivity contribution is 5.74. The highest BCUT2D eigenvalue weighted by Crippen LogP contribution is 2.34. The van der Waals surface area contributed by atoms with Crippen LogP contribution in [-0.2, 0) is 6.18 Å². The summed E-state index contributed by atoms with van der Waals surface area (Å²) in [5.74, 6) is 0.581. The van der Waals surface area contributed by atoms with Gasteiger partial charge in [-0.1, -0.05) is 12.1 Å². The molecule has 3 rings (SSSR count). The van der Waals surface area contributed by atoms with Gasteiger partial charge in [0.05, 0.1) is 17.5 Å². The second-order valence-corrected chi connectivity index (χ2v) is 4.95. The van der Waals surface area contributed by atoms with Crippen LogP contribution in [0.3, 0.4) is 0 Å². The van der Waals surface area contributed by atoms with Crippen molar-refractivity contribution in [1.29, 1.82) is 5.26 Å². The van der Waals surface area contributed by atoms with Gasteiger partial charge >= 0.3 is 6.18 Å². The third-order valence-electron chi connectivity index (χ3n) is 3.50. The number of benzene rings is 1. The van der Waals surface area contributed by atoms with Crippen LogP contribution in [0.15, 0.2) is 36.5 Å². The Morgan fingerprint density at radius 3 is 2.77 bits per heavy atom. The minimum atomic E-state index is -4.40. The molecule has 1 aromatic heterocycles. The maximum absolute atomic E-state index is 12.9. The Morgan fingerprint density at radius 2 is 2.09 bits per heavy atom. The largest absolute Gasteiger partial charge is 0.416 e. The number of anilines is 1. The van der Waals surface area contributed by atoms with E-state index >= 15 is 0 Å². The molecule has 22 heavy (non-hydrogen) atoms. The molecule has 1 aliphatic heterocycles. The van der Waals surface area contributed by atoms with Crippen molar-refractivity contribution in [2.45, 2.75) is 6.18 Å². The van der Waals surface area contributed by atoms with Crippen molar-refractivity contribution >= 4 is 11.5 Å². The number of halogens is 3. The molecule has 0 N–H and O–H groups in total. The molecule has 0 saturated carbocycles. The average Bonchev–Trinajstić information content (AvgIpc) is 2.92. The summed E-state index contributed by atoms with van der Waals surface area (Å²) in [6.07, 6.45) is -1.19. The fourth-order valence-corrected chi connectivity index (χ4v) is 2.46. The highest BCUT2D eigenvalue weighted by atomic mass is 19.4. The predicted octanol–water partition coefficient (Wildman–Crippen LogP) is 3.11. The van der Waals surface area contributed by atoms with Gasteiger partial charge in [0.15, 0.2) is 0 Å². The van der Waals surface area contributed by atoms with Gasteiger partial charge in [-0.25, -0.2) is 4.68 Å². The number of aromatic nitrogens is 2. The smallest absolute Gasteiger partial charge is 0.355 e. The normalized spacial score (nSPS) is 14.3. The number of hydrogen-bond donors (Lipinski definition) is 0. The Morgan fingerprint density at radius 1 is 1.32 bits per heavy atom. The molecule has 1 aliphatic rings. The first-order valence-corrected chi connectivity index (χ1v) is 6.49. The maximum atomic E-state index is 12.9. The van der Waals surface area contributed by atoms with Crippen LogP contribution in [0.5, 0.6) is 0 Å². The van der Waals surface area contributed by atoms with Crippen LogP contribution in [0.1, 0.15) is 16.7 Å². The minimum Gasteiger partial charge on any atom is -0.355 e. The Bertz CT molecular complexity index is 796. The lowest BCUT2D eigenvalue weighted by molar-refractivity contribution is -0.137. The molecule has 0 fully saturated rings. The predicted molar refractivity (Wildman–Crippen MR) is 75.0 cm³/mol. The number of hydrogen-bond acceptors (Lipinski definition) is 3. The van der Waals surface area contributed by atoms with Crippen molar-refractivity contribution < 1.29 is 13.2 Å². The van der Waals surface area contributed by atoms with E-state index < -0.39 is 11.7 Å². The zero-order chi connectivity index (χ0) is 15.9. The number of alkyl halides is 3. The molecule has 2 heterocycles. The lowest BCUT2D eigenvalue weighted by atomic mass is 10.1. The quantitative estimate of drug-likeness (QED) is 0.813. The molecule has 0 radical (unpaired) electrons. The summed E-state index contributed by atoms with van der Waals surface area (Å²) in [5.41, 5.74) is 0.636. The lowest BCUT2D eigenvalue weighted by Gasteiger charge is -2.26. The standard InChI is InChI=1S/C15H11F3N4/c1-21-6-5-13(22-14(21)11(8-19)9-20-22)10-3-2-4-12(7-10)15(16,17)18/h2-5,7,9H,6H2,1H3. The van der Waals surface area contributed by atoms with Crippen molar-refractivity contribution in [1.82, 2.24) is 9.78 Å². The molecule has 4 nitrogen and oxygen atoms in total. The van der Waals surface area contributed by atoms with Crippen LogP contribution >= 0.6 is 0 Å². The van der Waals surface area contributed by atoms with Gasteiger partial charge in [-0.2, -0.15) is 23.5 Å². The molecule has 2 aromatic rings. The van der Waals surface area contributed by atoms with Crippen molar-refractivity contribution in [3.8, 4) is 6.07 Å². The summed E-state index contributed by atoms with van der Waals surface area (Å²) in [4.78, 5) is 1.82. The molecule has 112 valence electrons. The van der Waals surface area contributed by atoms with E-state index in [1.165, 1.54) is 16.9 Å². The van der Waals surface area contributed by atoms with Crippen molar-refractivity contribution in [2.75, 3.05) is 18.5 Å². The van der Waals surface area contributed by atoms with Gasteiger partial charge in [0.1, 0.15) is 17.5 Å². The molecule has 0 unspecified atom stereocenters. The zero-order valence-corrected chi connectivity index (χ0v) is 11.6. The monoisotopic (exact) mass is 304 g/mol. The second-order valence-electron chi connectivity index (χ2n) is 4.95. The van der Waals surface area contributed by atoms with Crippen molar-refractivity contribution in [2.24, 2.45) is 0 Å². The molecular formula is C15H11F3N4. The Kier molecular flexibility index (Phi) is 3.17. The van der Waals surface area contributed by atoms with E-state index in [0.29, 0.717) is 29.2 Å². The summed E-state index contributed by atoms with van der Waals surface area (Å²) < 4.78 is 40.1. The maximum Gasteiger partial charge on any atom is 0.416 e. The average molecular weight is 304 g/mol. The van der Waals surface area contributed by atoms with Gasteiger partial charge in [0.2, 0.25) is 0 Å². The van der Waals surface area contributed by atoms with Crippen molar-refractivity contribution in [3.05, 3.63) is 53.2 Å². The third-order valence-corrected chi connectivity index (χ3v) is 3.50. The Balaban J connectivity index is 2.11. The SMILES string of the molecule is CN1CC=C(c2cccc(C(F)(F)F)c2)n2ncc(C#N)c21. The minimum absolute atomic E-state index is 0.389. The van der Waals surface area contributed by atoms with E-state index in [1.54, 1.807) is 19.2 Å². The molecule has 0 aliphatic carbocycles. The van der Waals surface area contributed by atoms with E-state index in [2.05, 4.69) is 5.10 Å². The number of likely N-dealkylation sites (N-methyl/N-ethyl adjacent to an activating group) is 1. The van der Waals surface area contributed by atoms with Crippen LogP contribution < -0.4 is 4.90 Å². The summed E-state index contributed by atoms with van der Waals surface area (Å²) in [5, 5.41) is 13.2. The number of fused-ring (bicyclic) bond motifs is 1. The van der Waals surface area contributed by atoms with Gasteiger partial charge in [-0.15, -0.1) is 0 Å². The summed E-state index contributed by atoms with van der Waals surface area (Å²) in [7, 11) is 1.80. The van der Waals surface area contributed by atoms with E-state index in [0.717, 1.165) is 12.1 Å². The molecule has 0 saturated heterocycles. The molecule has 0 bridgehead atoms. The third kappa shape index (κ3) is 2.22. The van der Waals surface area contributed by atoms with Crippen LogP contribution in [-0.4, -0.2) is 23.4 Å². The van der Waals surface area contributed by atoms with Crippen molar-refractivity contribution in [3.63, 3.8) is 0 Å². The molecule has 0 spiro atoms. The van der Waals surface area contributed by atoms with E-state index in [-0.39, 0.29) is 0 Å². The summed E-state index contributed by atoms with van der Waals surface area (Å²) >= 11 is 0. The Labute approximate surface area is 124 Å². The molecule has 0 amide bonds. The molecular weight excluding hydrogens is 293 g/mol. The molecule has 0 atom stereocenters. The van der Waals surface area contributed by atoms with Gasteiger partial charge in [0, 0.05) is 19.2 Å². The van der Waals surface area contributed by atoms with Crippen LogP contribution in [0.25, 0.3) is 5.70 Å². The first-order chi connectivity index (χ1) is 10.4. The fourth-order valence-electron chi connectivity index (χ4n) is 2.46. The zero-order valence-electron chi connectivity index (χ0n) is 11.6. The highest BCUT2D eigenvalue weighted by Gasteiger charge is 2.31. The van der Waals surface area contributed by atoms with Gasteiger partial charge in [-0.05, 0) is 18.2 Å². The number of nitrogens with zero attached hydrogens (tertiary/aromatic N) is 4. The van der Waals surface area contributed by atoms with Crippen LogP contribution in [0.2, 0.25) is 0 Å². The van der Waals surface area contributed by atoms with Crippen LogP contribution in [0.4, 0.5) is 19.0 Å². The number of nitriles is 1. The van der Waals surface area contributed by atoms with E-state index in [1.807, 2.05) is 11.0 Å². The first kappa shape index (κ1) is 14.2. The second kappa shape index (κ2) is 4.91. The number of rotatable bonds is 1. The summed E-state index contributed by atoms with van der Waals surface area (Å²) in [6.45, 7) is 0.492. The topological polar surface area (TPSA) is 44.9 Å². The van der Waals surface area contributed by atoms with E-state index in [4.69, 9.17) is 5.26 Å². The Hall–Kier alpha value is -2.75. The lowest BCUT2D eigenvalue weighted by Crippen LogP contribution is -2.26. The van der Waals surface area contributed by atoms with Gasteiger partial charge in [-0.3, -0.25) is 0 Å². The van der Waals surface area contributed by atoms with Gasteiger partial charge in [0.25, 0.3) is 0 Å². The fraction of sp³-hybridized carbons (Fsp3) is 0.200. The molecule has 7 heteroatoms. The van der Waals surface area contributed by atoms with Gasteiger partial charge < -0.3 is 4.90 Å². The first-order valence-electron chi connectivity index (χ1n) is 6.49. The van der Waals surface area contributed by atoms with E-state index in [9.17, 15) is 13.2 Å².